The third-order valence-corrected chi connectivity index (χ3v) is 4.41. The van der Waals surface area contributed by atoms with Crippen molar-refractivity contribution >= 4 is 5.91 Å². The summed E-state index contributed by atoms with van der Waals surface area (Å²) in [6, 6.07) is 8.41. The average Bonchev–Trinajstić information content (AvgIpc) is 2.61. The highest BCUT2D eigenvalue weighted by molar-refractivity contribution is 5.81. The summed E-state index contributed by atoms with van der Waals surface area (Å²) in [6.07, 6.45) is -0.0814. The second kappa shape index (κ2) is 8.58. The summed E-state index contributed by atoms with van der Waals surface area (Å²) < 4.78 is 11.1. The van der Waals surface area contributed by atoms with Gasteiger partial charge in [-0.2, -0.15) is 0 Å². The molecule has 2 saturated heterocycles. The van der Waals surface area contributed by atoms with E-state index < -0.39 is 0 Å². The fourth-order valence-electron chi connectivity index (χ4n) is 3.17. The molecule has 2 atom stereocenters. The first-order chi connectivity index (χ1) is 11.7. The molecule has 2 unspecified atom stereocenters. The molecule has 0 aliphatic carbocycles. The molecule has 6 heteroatoms. The molecule has 0 spiro atoms. The number of hydrogen-bond donors (Lipinski definition) is 2. The molecule has 0 bridgehead atoms. The van der Waals surface area contributed by atoms with Gasteiger partial charge in [-0.15, -0.1) is 0 Å². The first-order valence-corrected chi connectivity index (χ1v) is 8.72. The van der Waals surface area contributed by atoms with Crippen molar-refractivity contribution in [3.05, 3.63) is 35.4 Å². The fourth-order valence-corrected chi connectivity index (χ4v) is 3.17. The van der Waals surface area contributed by atoms with Crippen LogP contribution in [0.5, 0.6) is 0 Å². The molecule has 24 heavy (non-hydrogen) atoms. The zero-order chi connectivity index (χ0) is 16.8. The molecule has 0 saturated carbocycles. The van der Waals surface area contributed by atoms with Crippen molar-refractivity contribution in [1.82, 2.24) is 15.5 Å². The lowest BCUT2D eigenvalue weighted by Crippen LogP contribution is -2.47. The summed E-state index contributed by atoms with van der Waals surface area (Å²) in [5, 5.41) is 6.14. The number of morpholine rings is 2. The predicted octanol–water partition coefficient (Wildman–Crippen LogP) is 0.512. The van der Waals surface area contributed by atoms with E-state index in [1.165, 1.54) is 5.56 Å². The molecule has 1 aromatic carbocycles. The number of rotatable bonds is 5. The summed E-state index contributed by atoms with van der Waals surface area (Å²) in [7, 11) is 0. The second-order valence-corrected chi connectivity index (χ2v) is 6.52. The van der Waals surface area contributed by atoms with Gasteiger partial charge in [-0.25, -0.2) is 0 Å². The van der Waals surface area contributed by atoms with Crippen LogP contribution < -0.4 is 10.6 Å². The van der Waals surface area contributed by atoms with Gasteiger partial charge in [-0.05, 0) is 18.1 Å². The first-order valence-electron chi connectivity index (χ1n) is 8.72. The lowest BCUT2D eigenvalue weighted by atomic mass is 10.1. The SMILES string of the molecule is CC1CN(Cc2cccc(CNC(=O)C3CNCCO3)c2)CCO1. The Bertz CT molecular complexity index is 546. The van der Waals surface area contributed by atoms with Gasteiger partial charge in [0.15, 0.2) is 0 Å². The van der Waals surface area contributed by atoms with Gasteiger partial charge in [-0.1, -0.05) is 24.3 Å². The van der Waals surface area contributed by atoms with Crippen LogP contribution in [0.4, 0.5) is 0 Å². The van der Waals surface area contributed by atoms with Gasteiger partial charge in [0.1, 0.15) is 6.10 Å². The van der Waals surface area contributed by atoms with E-state index in [1.807, 2.05) is 6.07 Å². The number of hydrogen-bond acceptors (Lipinski definition) is 5. The first kappa shape index (κ1) is 17.4. The van der Waals surface area contributed by atoms with E-state index in [0.29, 0.717) is 25.8 Å². The Morgan fingerprint density at radius 1 is 1.33 bits per heavy atom. The summed E-state index contributed by atoms with van der Waals surface area (Å²) in [6.45, 7) is 8.28. The molecule has 1 aromatic rings. The monoisotopic (exact) mass is 333 g/mol. The van der Waals surface area contributed by atoms with Crippen LogP contribution in [0.25, 0.3) is 0 Å². The number of carbonyl (C=O) groups excluding carboxylic acids is 1. The van der Waals surface area contributed by atoms with E-state index in [1.54, 1.807) is 0 Å². The lowest BCUT2D eigenvalue weighted by molar-refractivity contribution is -0.134. The van der Waals surface area contributed by atoms with Gasteiger partial charge in [0.2, 0.25) is 0 Å². The molecule has 2 aliphatic rings. The number of amides is 1. The van der Waals surface area contributed by atoms with E-state index in [4.69, 9.17) is 9.47 Å². The smallest absolute Gasteiger partial charge is 0.250 e. The highest BCUT2D eigenvalue weighted by atomic mass is 16.5. The minimum Gasteiger partial charge on any atom is -0.376 e. The van der Waals surface area contributed by atoms with Crippen molar-refractivity contribution in [2.45, 2.75) is 32.2 Å². The van der Waals surface area contributed by atoms with Crippen LogP contribution in [-0.4, -0.2) is 62.4 Å². The molecule has 3 rings (SSSR count). The molecule has 2 N–H and O–H groups in total. The van der Waals surface area contributed by atoms with Gasteiger partial charge in [0.25, 0.3) is 5.91 Å². The van der Waals surface area contributed by atoms with Gasteiger partial charge in [0, 0.05) is 39.3 Å². The van der Waals surface area contributed by atoms with Crippen LogP contribution in [-0.2, 0) is 27.4 Å². The summed E-state index contributed by atoms with van der Waals surface area (Å²) >= 11 is 0. The zero-order valence-electron chi connectivity index (χ0n) is 14.3. The number of ether oxygens (including phenoxy) is 2. The second-order valence-electron chi connectivity index (χ2n) is 6.52. The van der Waals surface area contributed by atoms with Crippen LogP contribution >= 0.6 is 0 Å². The van der Waals surface area contributed by atoms with Gasteiger partial charge in [0.05, 0.1) is 19.3 Å². The zero-order valence-corrected chi connectivity index (χ0v) is 14.3. The minimum absolute atomic E-state index is 0.0467. The highest BCUT2D eigenvalue weighted by Gasteiger charge is 2.21. The van der Waals surface area contributed by atoms with E-state index in [2.05, 4.69) is 40.7 Å². The fraction of sp³-hybridized carbons (Fsp3) is 0.611. The minimum atomic E-state index is -0.378. The van der Waals surface area contributed by atoms with Crippen molar-refractivity contribution in [3.63, 3.8) is 0 Å². The summed E-state index contributed by atoms with van der Waals surface area (Å²) in [5.41, 5.74) is 2.39. The van der Waals surface area contributed by atoms with Crippen molar-refractivity contribution in [3.8, 4) is 0 Å². The normalized spacial score (nSPS) is 25.4. The summed E-state index contributed by atoms with van der Waals surface area (Å²) in [4.78, 5) is 14.5. The molecule has 0 radical (unpaired) electrons. The Morgan fingerprint density at radius 3 is 3.00 bits per heavy atom. The quantitative estimate of drug-likeness (QED) is 0.822. The van der Waals surface area contributed by atoms with Crippen LogP contribution in [0.1, 0.15) is 18.1 Å². The maximum absolute atomic E-state index is 12.1. The number of nitrogens with zero attached hydrogens (tertiary/aromatic N) is 1. The predicted molar refractivity (Wildman–Crippen MR) is 91.6 cm³/mol. The molecule has 6 nitrogen and oxygen atoms in total. The molecular formula is C18H27N3O3. The Hall–Kier alpha value is -1.47. The van der Waals surface area contributed by atoms with Crippen molar-refractivity contribution < 1.29 is 14.3 Å². The Labute approximate surface area is 143 Å². The largest absolute Gasteiger partial charge is 0.376 e. The Morgan fingerprint density at radius 2 is 2.21 bits per heavy atom. The molecule has 2 fully saturated rings. The Balaban J connectivity index is 1.50. The van der Waals surface area contributed by atoms with Crippen LogP contribution in [0.2, 0.25) is 0 Å². The molecule has 2 aliphatic heterocycles. The van der Waals surface area contributed by atoms with Crippen molar-refractivity contribution in [2.24, 2.45) is 0 Å². The van der Waals surface area contributed by atoms with E-state index in [0.717, 1.165) is 38.3 Å². The van der Waals surface area contributed by atoms with Crippen molar-refractivity contribution in [2.75, 3.05) is 39.4 Å². The standard InChI is InChI=1S/C18H27N3O3/c1-14-12-21(6-8-23-14)13-16-4-2-3-15(9-16)10-20-18(22)17-11-19-5-7-24-17/h2-4,9,14,17,19H,5-8,10-13H2,1H3,(H,20,22). The molecule has 0 aromatic heterocycles. The maximum atomic E-state index is 12.1. The van der Waals surface area contributed by atoms with Crippen molar-refractivity contribution in [1.29, 1.82) is 0 Å². The van der Waals surface area contributed by atoms with Gasteiger partial charge < -0.3 is 20.1 Å². The third-order valence-electron chi connectivity index (χ3n) is 4.41. The average molecular weight is 333 g/mol. The molecule has 1 amide bonds. The Kier molecular flexibility index (Phi) is 6.20. The number of carbonyl (C=O) groups is 1. The molecule has 132 valence electrons. The van der Waals surface area contributed by atoms with Gasteiger partial charge >= 0.3 is 0 Å². The van der Waals surface area contributed by atoms with Crippen LogP contribution in [0.15, 0.2) is 24.3 Å². The van der Waals surface area contributed by atoms with Crippen LogP contribution in [0.3, 0.4) is 0 Å². The highest BCUT2D eigenvalue weighted by Crippen LogP contribution is 2.12. The molecule has 2 heterocycles. The number of benzene rings is 1. The number of nitrogens with one attached hydrogen (secondary N) is 2. The van der Waals surface area contributed by atoms with E-state index >= 15 is 0 Å². The third kappa shape index (κ3) is 5.01. The van der Waals surface area contributed by atoms with E-state index in [9.17, 15) is 4.79 Å². The summed E-state index contributed by atoms with van der Waals surface area (Å²) in [5.74, 6) is -0.0467. The maximum Gasteiger partial charge on any atom is 0.250 e. The lowest BCUT2D eigenvalue weighted by Gasteiger charge is -2.31. The topological polar surface area (TPSA) is 62.8 Å². The van der Waals surface area contributed by atoms with E-state index in [-0.39, 0.29) is 12.0 Å². The van der Waals surface area contributed by atoms with Crippen LogP contribution in [0, 0.1) is 0 Å². The van der Waals surface area contributed by atoms with Gasteiger partial charge in [-0.3, -0.25) is 9.69 Å². The molecular weight excluding hydrogens is 306 g/mol.